The van der Waals surface area contributed by atoms with Crippen LogP contribution in [0.25, 0.3) is 5.69 Å². The van der Waals surface area contributed by atoms with Crippen molar-refractivity contribution in [3.8, 4) is 5.69 Å². The lowest BCUT2D eigenvalue weighted by atomic mass is 9.98. The minimum atomic E-state index is 0.139. The molecule has 1 fully saturated rings. The first-order valence-corrected chi connectivity index (χ1v) is 9.41. The monoisotopic (exact) mass is 365 g/mol. The van der Waals surface area contributed by atoms with Gasteiger partial charge in [-0.05, 0) is 61.7 Å². The lowest BCUT2D eigenvalue weighted by Crippen LogP contribution is -2.48. The largest absolute Gasteiger partial charge is 0.337 e. The van der Waals surface area contributed by atoms with Crippen molar-refractivity contribution < 1.29 is 4.79 Å². The number of piperidine rings is 1. The molecule has 3 rings (SSSR count). The van der Waals surface area contributed by atoms with Crippen molar-refractivity contribution in [1.29, 1.82) is 0 Å². The second kappa shape index (κ2) is 7.53. The van der Waals surface area contributed by atoms with Crippen molar-refractivity contribution in [2.75, 3.05) is 5.75 Å². The Morgan fingerprint density at radius 2 is 2.08 bits per heavy atom. The fraction of sp³-hybridized carbons (Fsp3) is 0.500. The molecule has 0 aliphatic carbocycles. The minimum Gasteiger partial charge on any atom is -0.337 e. The molecule has 0 radical (unpaired) electrons. The van der Waals surface area contributed by atoms with Crippen molar-refractivity contribution in [2.45, 2.75) is 50.4 Å². The molecule has 0 bridgehead atoms. The maximum atomic E-state index is 12.6. The van der Waals surface area contributed by atoms with Gasteiger partial charge >= 0.3 is 0 Å². The summed E-state index contributed by atoms with van der Waals surface area (Å²) in [6.07, 6.45) is 3.33. The molecule has 0 N–H and O–H groups in total. The number of nitrogens with zero attached hydrogens (tertiary/aromatic N) is 5. The van der Waals surface area contributed by atoms with Gasteiger partial charge in [-0.15, -0.1) is 5.10 Å². The van der Waals surface area contributed by atoms with Crippen molar-refractivity contribution in [2.24, 2.45) is 0 Å². The summed E-state index contributed by atoms with van der Waals surface area (Å²) in [6, 6.07) is 7.90. The highest BCUT2D eigenvalue weighted by molar-refractivity contribution is 7.99. The molecule has 1 aliphatic heterocycles. The third-order valence-electron chi connectivity index (χ3n) is 4.30. The Morgan fingerprint density at radius 1 is 1.33 bits per heavy atom. The summed E-state index contributed by atoms with van der Waals surface area (Å²) in [5.74, 6) is 0.468. The van der Waals surface area contributed by atoms with E-state index in [4.69, 9.17) is 11.6 Å². The predicted molar refractivity (Wildman–Crippen MR) is 94.5 cm³/mol. The summed E-state index contributed by atoms with van der Waals surface area (Å²) < 4.78 is 1.60. The van der Waals surface area contributed by atoms with E-state index in [1.54, 1.807) is 16.8 Å². The molecule has 128 valence electrons. The van der Waals surface area contributed by atoms with Crippen LogP contribution in [0.1, 0.15) is 33.1 Å². The number of aromatic nitrogens is 4. The fourth-order valence-electron chi connectivity index (χ4n) is 3.15. The third-order valence-corrected chi connectivity index (χ3v) is 5.44. The van der Waals surface area contributed by atoms with E-state index in [0.717, 1.165) is 18.5 Å². The molecule has 0 unspecified atom stereocenters. The number of thioether (sulfide) groups is 1. The first-order valence-electron chi connectivity index (χ1n) is 8.04. The average molecular weight is 366 g/mol. The number of tetrazole rings is 1. The summed E-state index contributed by atoms with van der Waals surface area (Å²) in [4.78, 5) is 14.6. The zero-order chi connectivity index (χ0) is 17.1. The number of halogens is 1. The molecule has 24 heavy (non-hydrogen) atoms. The van der Waals surface area contributed by atoms with Crippen molar-refractivity contribution >= 4 is 29.3 Å². The van der Waals surface area contributed by atoms with E-state index in [0.29, 0.717) is 28.0 Å². The highest BCUT2D eigenvalue weighted by Crippen LogP contribution is 2.25. The van der Waals surface area contributed by atoms with Gasteiger partial charge in [0.05, 0.1) is 11.4 Å². The van der Waals surface area contributed by atoms with Gasteiger partial charge in [-0.25, -0.2) is 0 Å². The summed E-state index contributed by atoms with van der Waals surface area (Å²) in [7, 11) is 0. The molecule has 1 aromatic heterocycles. The van der Waals surface area contributed by atoms with Gasteiger partial charge < -0.3 is 4.90 Å². The molecular formula is C16H20ClN5OS. The molecule has 1 aliphatic rings. The Bertz CT molecular complexity index is 712. The lowest BCUT2D eigenvalue weighted by Gasteiger charge is -2.39. The fourth-order valence-corrected chi connectivity index (χ4v) is 4.10. The summed E-state index contributed by atoms with van der Waals surface area (Å²) >= 11 is 7.38. The number of hydrogen-bond donors (Lipinski definition) is 0. The van der Waals surface area contributed by atoms with Gasteiger partial charge in [0.25, 0.3) is 0 Å². The Hall–Kier alpha value is -1.60. The molecule has 2 aromatic rings. The second-order valence-electron chi connectivity index (χ2n) is 6.07. The van der Waals surface area contributed by atoms with Crippen molar-refractivity contribution in [1.82, 2.24) is 25.1 Å². The first kappa shape index (κ1) is 17.2. The maximum absolute atomic E-state index is 12.6. The van der Waals surface area contributed by atoms with Gasteiger partial charge in [0, 0.05) is 17.1 Å². The maximum Gasteiger partial charge on any atom is 0.233 e. The van der Waals surface area contributed by atoms with Gasteiger partial charge in [-0.3, -0.25) is 4.79 Å². The molecule has 1 aromatic carbocycles. The van der Waals surface area contributed by atoms with Crippen LogP contribution in [0.5, 0.6) is 0 Å². The summed E-state index contributed by atoms with van der Waals surface area (Å²) in [5, 5.41) is 13.0. The predicted octanol–water partition coefficient (Wildman–Crippen LogP) is 3.20. The molecular weight excluding hydrogens is 346 g/mol. The lowest BCUT2D eigenvalue weighted by molar-refractivity contribution is -0.134. The van der Waals surface area contributed by atoms with Gasteiger partial charge in [0.15, 0.2) is 0 Å². The Kier molecular flexibility index (Phi) is 5.40. The van der Waals surface area contributed by atoms with Crippen LogP contribution in [0.4, 0.5) is 0 Å². The molecule has 1 saturated heterocycles. The van der Waals surface area contributed by atoms with Crippen LogP contribution in [0.3, 0.4) is 0 Å². The molecule has 6 nitrogen and oxygen atoms in total. The van der Waals surface area contributed by atoms with E-state index in [2.05, 4.69) is 29.4 Å². The van der Waals surface area contributed by atoms with E-state index in [9.17, 15) is 4.79 Å². The van der Waals surface area contributed by atoms with Gasteiger partial charge in [0.2, 0.25) is 11.1 Å². The van der Waals surface area contributed by atoms with E-state index >= 15 is 0 Å². The number of rotatable bonds is 4. The molecule has 0 saturated carbocycles. The van der Waals surface area contributed by atoms with Gasteiger partial charge in [-0.1, -0.05) is 29.4 Å². The van der Waals surface area contributed by atoms with Crippen molar-refractivity contribution in [3.05, 3.63) is 29.3 Å². The third kappa shape index (κ3) is 3.72. The number of amides is 1. The molecule has 2 heterocycles. The number of carbonyl (C=O) groups excluding carboxylic acids is 1. The zero-order valence-corrected chi connectivity index (χ0v) is 15.3. The smallest absolute Gasteiger partial charge is 0.233 e. The van der Waals surface area contributed by atoms with E-state index in [1.807, 2.05) is 17.0 Å². The Morgan fingerprint density at radius 3 is 2.79 bits per heavy atom. The first-order chi connectivity index (χ1) is 11.6. The van der Waals surface area contributed by atoms with Crippen LogP contribution in [-0.2, 0) is 4.79 Å². The van der Waals surface area contributed by atoms with E-state index < -0.39 is 0 Å². The number of likely N-dealkylation sites (tertiary alicyclic amines) is 1. The summed E-state index contributed by atoms with van der Waals surface area (Å²) in [6.45, 7) is 4.24. The van der Waals surface area contributed by atoms with Crippen LogP contribution < -0.4 is 0 Å². The van der Waals surface area contributed by atoms with Gasteiger partial charge in [0.1, 0.15) is 0 Å². The average Bonchev–Trinajstić information content (AvgIpc) is 3.01. The quantitative estimate of drug-likeness (QED) is 0.778. The zero-order valence-electron chi connectivity index (χ0n) is 13.7. The Labute approximate surface area is 150 Å². The minimum absolute atomic E-state index is 0.139. The summed E-state index contributed by atoms with van der Waals surface area (Å²) in [5.41, 5.74) is 0.780. The normalized spacial score (nSPS) is 21.0. The molecule has 2 atom stereocenters. The SMILES string of the molecule is C[C@@H]1CCC[C@@H](C)N1C(=O)CSc1nnnn1-c1cccc(Cl)c1. The van der Waals surface area contributed by atoms with E-state index in [-0.39, 0.29) is 5.91 Å². The topological polar surface area (TPSA) is 63.9 Å². The number of carbonyl (C=O) groups is 1. The van der Waals surface area contributed by atoms with Crippen LogP contribution in [0, 0.1) is 0 Å². The van der Waals surface area contributed by atoms with Gasteiger partial charge in [-0.2, -0.15) is 4.68 Å². The second-order valence-corrected chi connectivity index (χ2v) is 7.45. The number of benzene rings is 1. The molecule has 1 amide bonds. The highest BCUT2D eigenvalue weighted by Gasteiger charge is 2.29. The standard InChI is InChI=1S/C16H20ClN5OS/c1-11-5-3-6-12(2)21(11)15(23)10-24-16-18-19-20-22(16)14-8-4-7-13(17)9-14/h4,7-9,11-12H,3,5-6,10H2,1-2H3/t11-,12-/m1/s1. The van der Waals surface area contributed by atoms with E-state index in [1.165, 1.54) is 18.2 Å². The highest BCUT2D eigenvalue weighted by atomic mass is 35.5. The molecule has 8 heteroatoms. The van der Waals surface area contributed by atoms with Crippen LogP contribution in [-0.4, -0.2) is 48.9 Å². The number of hydrogen-bond acceptors (Lipinski definition) is 5. The van der Waals surface area contributed by atoms with Crippen molar-refractivity contribution in [3.63, 3.8) is 0 Å². The molecule has 0 spiro atoms. The Balaban J connectivity index is 1.69. The van der Waals surface area contributed by atoms with Crippen LogP contribution >= 0.6 is 23.4 Å². The van der Waals surface area contributed by atoms with Crippen LogP contribution in [0.2, 0.25) is 5.02 Å². The van der Waals surface area contributed by atoms with Crippen LogP contribution in [0.15, 0.2) is 29.4 Å².